The number of ether oxygens (including phenoxy) is 1. The second-order valence-corrected chi connectivity index (χ2v) is 6.34. The van der Waals surface area contributed by atoms with Gasteiger partial charge in [0.05, 0.1) is 16.3 Å². The molecule has 0 atom stereocenters. The Bertz CT molecular complexity index is 800. The van der Waals surface area contributed by atoms with Crippen molar-refractivity contribution >= 4 is 11.6 Å². The summed E-state index contributed by atoms with van der Waals surface area (Å²) in [4.78, 5) is 22.7. The van der Waals surface area contributed by atoms with Gasteiger partial charge in [-0.1, -0.05) is 11.3 Å². The highest BCUT2D eigenvalue weighted by atomic mass is 16.6. The van der Waals surface area contributed by atoms with Crippen molar-refractivity contribution in [3.8, 4) is 5.69 Å². The molecule has 1 aliphatic carbocycles. The number of nitro groups is 1. The van der Waals surface area contributed by atoms with Crippen LogP contribution >= 0.6 is 0 Å². The lowest BCUT2D eigenvalue weighted by atomic mass is 10.2. The molecule has 0 aliphatic heterocycles. The van der Waals surface area contributed by atoms with E-state index in [4.69, 9.17) is 4.74 Å². The Balaban J connectivity index is 1.56. The van der Waals surface area contributed by atoms with Crippen molar-refractivity contribution in [2.75, 3.05) is 19.8 Å². The average molecular weight is 359 g/mol. The van der Waals surface area contributed by atoms with Crippen molar-refractivity contribution in [1.29, 1.82) is 0 Å². The van der Waals surface area contributed by atoms with Crippen molar-refractivity contribution in [2.24, 2.45) is 5.92 Å². The van der Waals surface area contributed by atoms with E-state index >= 15 is 0 Å². The van der Waals surface area contributed by atoms with Gasteiger partial charge in [0.2, 0.25) is 0 Å². The molecule has 138 valence electrons. The minimum Gasteiger partial charge on any atom is -0.381 e. The van der Waals surface area contributed by atoms with Gasteiger partial charge in [-0.3, -0.25) is 14.9 Å². The van der Waals surface area contributed by atoms with E-state index in [9.17, 15) is 14.9 Å². The van der Waals surface area contributed by atoms with Crippen LogP contribution < -0.4 is 5.32 Å². The molecule has 1 aromatic heterocycles. The highest BCUT2D eigenvalue weighted by Crippen LogP contribution is 2.28. The summed E-state index contributed by atoms with van der Waals surface area (Å²) in [6, 6.07) is 6.03. The second-order valence-electron chi connectivity index (χ2n) is 6.34. The molecule has 1 amide bonds. The molecular weight excluding hydrogens is 338 g/mol. The molecule has 1 aromatic carbocycles. The van der Waals surface area contributed by atoms with Gasteiger partial charge in [0.15, 0.2) is 5.69 Å². The fourth-order valence-corrected chi connectivity index (χ4v) is 2.52. The van der Waals surface area contributed by atoms with Gasteiger partial charge in [-0.2, -0.15) is 0 Å². The van der Waals surface area contributed by atoms with Crippen LogP contribution in [0.4, 0.5) is 5.69 Å². The monoisotopic (exact) mass is 359 g/mol. The molecule has 9 nitrogen and oxygen atoms in total. The first kappa shape index (κ1) is 18.0. The number of amides is 1. The van der Waals surface area contributed by atoms with Gasteiger partial charge in [-0.25, -0.2) is 4.68 Å². The molecule has 3 rings (SSSR count). The van der Waals surface area contributed by atoms with Crippen molar-refractivity contribution < 1.29 is 14.5 Å². The van der Waals surface area contributed by atoms with E-state index in [1.807, 2.05) is 0 Å². The number of hydrogen-bond acceptors (Lipinski definition) is 6. The van der Waals surface area contributed by atoms with E-state index in [-0.39, 0.29) is 17.3 Å². The predicted octanol–water partition coefficient (Wildman–Crippen LogP) is 2.03. The lowest BCUT2D eigenvalue weighted by Gasteiger charge is -2.06. The van der Waals surface area contributed by atoms with E-state index in [1.165, 1.54) is 29.7 Å². The third kappa shape index (κ3) is 4.42. The first-order valence-corrected chi connectivity index (χ1v) is 8.59. The number of benzene rings is 1. The Morgan fingerprint density at radius 3 is 3.00 bits per heavy atom. The maximum absolute atomic E-state index is 12.3. The third-order valence-electron chi connectivity index (χ3n) is 4.20. The molecule has 1 saturated carbocycles. The molecule has 1 N–H and O–H groups in total. The summed E-state index contributed by atoms with van der Waals surface area (Å²) < 4.78 is 6.94. The standard InChI is InChI=1S/C17H21N5O4/c1-12-16(17(23)18-8-3-9-26-11-13-6-7-13)19-20-21(12)14-4-2-5-15(10-14)22(24)25/h2,4-5,10,13H,3,6-9,11H2,1H3,(H,18,23). The zero-order chi connectivity index (χ0) is 18.5. The number of carbonyl (C=O) groups excluding carboxylic acids is 1. The Morgan fingerprint density at radius 1 is 1.46 bits per heavy atom. The number of nitrogens with one attached hydrogen (secondary N) is 1. The van der Waals surface area contributed by atoms with Gasteiger partial charge in [-0.15, -0.1) is 5.10 Å². The molecule has 0 radical (unpaired) electrons. The minimum atomic E-state index is -0.478. The third-order valence-corrected chi connectivity index (χ3v) is 4.20. The van der Waals surface area contributed by atoms with Crippen LogP contribution in [0.1, 0.15) is 35.4 Å². The fourth-order valence-electron chi connectivity index (χ4n) is 2.52. The Morgan fingerprint density at radius 2 is 2.27 bits per heavy atom. The highest BCUT2D eigenvalue weighted by Gasteiger charge is 2.21. The van der Waals surface area contributed by atoms with Gasteiger partial charge in [0.1, 0.15) is 0 Å². The van der Waals surface area contributed by atoms with Crippen LogP contribution in [0.3, 0.4) is 0 Å². The van der Waals surface area contributed by atoms with Crippen LogP contribution in [-0.4, -0.2) is 45.6 Å². The molecule has 1 aliphatic rings. The second kappa shape index (κ2) is 8.05. The minimum absolute atomic E-state index is 0.0467. The number of non-ortho nitro benzene ring substituents is 1. The molecule has 26 heavy (non-hydrogen) atoms. The summed E-state index contributed by atoms with van der Waals surface area (Å²) in [6.07, 6.45) is 3.25. The predicted molar refractivity (Wildman–Crippen MR) is 93.2 cm³/mol. The van der Waals surface area contributed by atoms with Crippen LogP contribution in [0.5, 0.6) is 0 Å². The Hall–Kier alpha value is -2.81. The van der Waals surface area contributed by atoms with E-state index < -0.39 is 4.92 Å². The molecule has 1 fully saturated rings. The van der Waals surface area contributed by atoms with E-state index in [0.29, 0.717) is 24.5 Å². The van der Waals surface area contributed by atoms with Gasteiger partial charge in [0.25, 0.3) is 11.6 Å². The van der Waals surface area contributed by atoms with Gasteiger partial charge < -0.3 is 10.1 Å². The summed E-state index contributed by atoms with van der Waals surface area (Å²) in [5.41, 5.74) is 1.16. The topological polar surface area (TPSA) is 112 Å². The van der Waals surface area contributed by atoms with Crippen LogP contribution in [-0.2, 0) is 4.74 Å². The van der Waals surface area contributed by atoms with Crippen molar-refractivity contribution in [3.63, 3.8) is 0 Å². The molecule has 0 bridgehead atoms. The number of nitrogens with zero attached hydrogens (tertiary/aromatic N) is 4. The van der Waals surface area contributed by atoms with Gasteiger partial charge in [-0.05, 0) is 38.2 Å². The molecule has 2 aromatic rings. The number of aromatic nitrogens is 3. The van der Waals surface area contributed by atoms with E-state index in [0.717, 1.165) is 18.9 Å². The molecule has 9 heteroatoms. The maximum Gasteiger partial charge on any atom is 0.273 e. The number of hydrogen-bond donors (Lipinski definition) is 1. The van der Waals surface area contributed by atoms with Crippen LogP contribution in [0.2, 0.25) is 0 Å². The lowest BCUT2D eigenvalue weighted by molar-refractivity contribution is -0.384. The quantitative estimate of drug-likeness (QED) is 0.416. The summed E-state index contributed by atoms with van der Waals surface area (Å²) in [7, 11) is 0. The average Bonchev–Trinajstić information content (AvgIpc) is 3.38. The van der Waals surface area contributed by atoms with Crippen LogP contribution in [0, 0.1) is 23.0 Å². The van der Waals surface area contributed by atoms with Gasteiger partial charge >= 0.3 is 0 Å². The molecule has 0 unspecified atom stereocenters. The van der Waals surface area contributed by atoms with Crippen molar-refractivity contribution in [1.82, 2.24) is 20.3 Å². The maximum atomic E-state index is 12.3. The first-order valence-electron chi connectivity index (χ1n) is 8.59. The Labute approximate surface area is 150 Å². The molecule has 1 heterocycles. The van der Waals surface area contributed by atoms with Crippen LogP contribution in [0.15, 0.2) is 24.3 Å². The van der Waals surface area contributed by atoms with Gasteiger partial charge in [0, 0.05) is 31.9 Å². The zero-order valence-corrected chi connectivity index (χ0v) is 14.6. The van der Waals surface area contributed by atoms with Crippen molar-refractivity contribution in [2.45, 2.75) is 26.2 Å². The smallest absolute Gasteiger partial charge is 0.273 e. The SMILES string of the molecule is Cc1c(C(=O)NCCCOCC2CC2)nnn1-c1cccc([N+](=O)[O-])c1. The Kier molecular flexibility index (Phi) is 5.57. The zero-order valence-electron chi connectivity index (χ0n) is 14.6. The lowest BCUT2D eigenvalue weighted by Crippen LogP contribution is -2.26. The summed E-state index contributed by atoms with van der Waals surface area (Å²) >= 11 is 0. The highest BCUT2D eigenvalue weighted by molar-refractivity contribution is 5.93. The van der Waals surface area contributed by atoms with E-state index in [1.54, 1.807) is 19.1 Å². The number of nitro benzene ring substituents is 1. The fraction of sp³-hybridized carbons (Fsp3) is 0.471. The number of rotatable bonds is 9. The number of carbonyl (C=O) groups is 1. The molecular formula is C17H21N5O4. The van der Waals surface area contributed by atoms with Crippen LogP contribution in [0.25, 0.3) is 5.69 Å². The molecule has 0 saturated heterocycles. The van der Waals surface area contributed by atoms with Crippen molar-refractivity contribution in [3.05, 3.63) is 45.8 Å². The summed E-state index contributed by atoms with van der Waals surface area (Å²) in [5.74, 6) is 0.414. The summed E-state index contributed by atoms with van der Waals surface area (Å²) in [5, 5.41) is 21.6. The largest absolute Gasteiger partial charge is 0.381 e. The normalized spacial score (nSPS) is 13.6. The molecule has 0 spiro atoms. The van der Waals surface area contributed by atoms with E-state index in [2.05, 4.69) is 15.6 Å². The first-order chi connectivity index (χ1) is 12.6. The summed E-state index contributed by atoms with van der Waals surface area (Å²) in [6.45, 7) is 3.62.